The molecule has 2 aliphatic rings. The minimum atomic E-state index is -0.487. The third-order valence-electron chi connectivity index (χ3n) is 5.67. The highest BCUT2D eigenvalue weighted by Crippen LogP contribution is 2.38. The van der Waals surface area contributed by atoms with Gasteiger partial charge in [0.15, 0.2) is 0 Å². The molecule has 0 amide bonds. The maximum atomic E-state index is 13.1. The Hall–Kier alpha value is -2.18. The van der Waals surface area contributed by atoms with Crippen LogP contribution in [0.2, 0.25) is 0 Å². The van der Waals surface area contributed by atoms with E-state index in [4.69, 9.17) is 9.47 Å². The van der Waals surface area contributed by atoms with Gasteiger partial charge in [-0.15, -0.1) is 0 Å². The Morgan fingerprint density at radius 3 is 2.52 bits per heavy atom. The molecule has 0 unspecified atom stereocenters. The van der Waals surface area contributed by atoms with Crippen molar-refractivity contribution in [3.05, 3.63) is 54.0 Å². The number of rotatable bonds is 5. The second-order valence-corrected chi connectivity index (χ2v) is 7.57. The summed E-state index contributed by atoms with van der Waals surface area (Å²) < 4.78 is 24.1. The molecule has 0 radical (unpaired) electrons. The highest BCUT2D eigenvalue weighted by molar-refractivity contribution is 5.23. The summed E-state index contributed by atoms with van der Waals surface area (Å²) in [5.41, 5.74) is 1.16. The molecule has 1 aromatic heterocycles. The average Bonchev–Trinajstić information content (AvgIpc) is 3.05. The van der Waals surface area contributed by atoms with Crippen LogP contribution in [0.5, 0.6) is 11.6 Å². The van der Waals surface area contributed by atoms with Crippen molar-refractivity contribution < 1.29 is 19.0 Å². The lowest BCUT2D eigenvalue weighted by molar-refractivity contribution is -0.0231. The monoisotopic (exact) mass is 372 g/mol. The molecule has 1 aliphatic carbocycles. The Bertz CT molecular complexity index is 753. The zero-order chi connectivity index (χ0) is 18.8. The van der Waals surface area contributed by atoms with Crippen molar-refractivity contribution in [2.75, 3.05) is 20.2 Å². The Kier molecular flexibility index (Phi) is 5.27. The molecule has 1 aliphatic heterocycles. The molecule has 144 valence electrons. The zero-order valence-electron chi connectivity index (χ0n) is 15.4. The SMILES string of the molecule is COc1ccc(CN2C[C@H]3C[C@@H](Oc4ccc(F)cc4)[C@H](O)C[C@H]3C2)cn1. The van der Waals surface area contributed by atoms with Crippen molar-refractivity contribution >= 4 is 0 Å². The Balaban J connectivity index is 1.35. The number of fused-ring (bicyclic) bond motifs is 1. The predicted molar refractivity (Wildman–Crippen MR) is 99.1 cm³/mol. The molecular weight excluding hydrogens is 347 g/mol. The van der Waals surface area contributed by atoms with Gasteiger partial charge in [0.2, 0.25) is 5.88 Å². The molecule has 0 spiro atoms. The first kappa shape index (κ1) is 18.2. The van der Waals surface area contributed by atoms with Crippen molar-refractivity contribution in [1.29, 1.82) is 0 Å². The molecule has 1 N–H and O–H groups in total. The van der Waals surface area contributed by atoms with E-state index in [1.165, 1.54) is 12.1 Å². The highest BCUT2D eigenvalue weighted by atomic mass is 19.1. The van der Waals surface area contributed by atoms with Crippen LogP contribution in [0.15, 0.2) is 42.6 Å². The number of pyridine rings is 1. The third kappa shape index (κ3) is 4.22. The smallest absolute Gasteiger partial charge is 0.212 e. The summed E-state index contributed by atoms with van der Waals surface area (Å²) in [6.07, 6.45) is 2.70. The van der Waals surface area contributed by atoms with Crippen molar-refractivity contribution in [3.8, 4) is 11.6 Å². The van der Waals surface area contributed by atoms with Crippen LogP contribution in [-0.4, -0.2) is 47.4 Å². The first-order chi connectivity index (χ1) is 13.1. The lowest BCUT2D eigenvalue weighted by atomic mass is 9.78. The number of likely N-dealkylation sites (tertiary alicyclic amines) is 1. The first-order valence-electron chi connectivity index (χ1n) is 9.42. The van der Waals surface area contributed by atoms with Crippen LogP contribution in [0.3, 0.4) is 0 Å². The molecule has 2 heterocycles. The van der Waals surface area contributed by atoms with Gasteiger partial charge < -0.3 is 14.6 Å². The van der Waals surface area contributed by atoms with Gasteiger partial charge in [-0.25, -0.2) is 9.37 Å². The van der Waals surface area contributed by atoms with Gasteiger partial charge in [0.1, 0.15) is 17.7 Å². The number of aromatic nitrogens is 1. The molecule has 4 atom stereocenters. The minimum Gasteiger partial charge on any atom is -0.488 e. The summed E-state index contributed by atoms with van der Waals surface area (Å²) in [7, 11) is 1.61. The van der Waals surface area contributed by atoms with Gasteiger partial charge in [0.25, 0.3) is 0 Å². The second-order valence-electron chi connectivity index (χ2n) is 7.57. The molecule has 1 saturated carbocycles. The summed E-state index contributed by atoms with van der Waals surface area (Å²) in [5.74, 6) is 1.94. The molecule has 2 fully saturated rings. The number of aliphatic hydroxyl groups is 1. The molecule has 4 rings (SSSR count). The van der Waals surface area contributed by atoms with Crippen molar-refractivity contribution in [2.24, 2.45) is 11.8 Å². The summed E-state index contributed by atoms with van der Waals surface area (Å²) in [5, 5.41) is 10.5. The van der Waals surface area contributed by atoms with E-state index in [2.05, 4.69) is 9.88 Å². The van der Waals surface area contributed by atoms with E-state index in [1.54, 1.807) is 19.2 Å². The molecular formula is C21H25FN2O3. The predicted octanol–water partition coefficient (Wildman–Crippen LogP) is 2.88. The van der Waals surface area contributed by atoms with E-state index in [-0.39, 0.29) is 11.9 Å². The van der Waals surface area contributed by atoms with Crippen LogP contribution in [0, 0.1) is 17.7 Å². The molecule has 27 heavy (non-hydrogen) atoms. The average molecular weight is 372 g/mol. The van der Waals surface area contributed by atoms with E-state index in [0.717, 1.165) is 38.0 Å². The molecule has 2 aromatic rings. The first-order valence-corrected chi connectivity index (χ1v) is 9.42. The topological polar surface area (TPSA) is 54.8 Å². The van der Waals surface area contributed by atoms with Crippen LogP contribution in [-0.2, 0) is 6.54 Å². The van der Waals surface area contributed by atoms with Crippen LogP contribution in [0.4, 0.5) is 4.39 Å². The fourth-order valence-corrected chi connectivity index (χ4v) is 4.31. The van der Waals surface area contributed by atoms with Gasteiger partial charge in [-0.05, 0) is 54.5 Å². The maximum absolute atomic E-state index is 13.1. The summed E-state index contributed by atoms with van der Waals surface area (Å²) in [6.45, 7) is 2.83. The van der Waals surface area contributed by atoms with Crippen LogP contribution in [0.1, 0.15) is 18.4 Å². The highest BCUT2D eigenvalue weighted by Gasteiger charge is 2.42. The minimum absolute atomic E-state index is 0.237. The number of ether oxygens (including phenoxy) is 2. The molecule has 6 heteroatoms. The van der Waals surface area contributed by atoms with Crippen LogP contribution in [0.25, 0.3) is 0 Å². The summed E-state index contributed by atoms with van der Waals surface area (Å²) in [6, 6.07) is 9.93. The Labute approximate surface area is 158 Å². The van der Waals surface area contributed by atoms with Gasteiger partial charge in [0, 0.05) is 31.9 Å². The number of methoxy groups -OCH3 is 1. The summed E-state index contributed by atoms with van der Waals surface area (Å²) >= 11 is 0. The van der Waals surface area contributed by atoms with Gasteiger partial charge >= 0.3 is 0 Å². The normalized spacial score (nSPS) is 28.0. The number of nitrogens with zero attached hydrogens (tertiary/aromatic N) is 2. The van der Waals surface area contributed by atoms with Crippen LogP contribution < -0.4 is 9.47 Å². The zero-order valence-corrected chi connectivity index (χ0v) is 15.4. The van der Waals surface area contributed by atoms with E-state index in [1.807, 2.05) is 18.3 Å². The van der Waals surface area contributed by atoms with E-state index < -0.39 is 6.10 Å². The summed E-state index contributed by atoms with van der Waals surface area (Å²) in [4.78, 5) is 6.69. The quantitative estimate of drug-likeness (QED) is 0.875. The van der Waals surface area contributed by atoms with Crippen LogP contribution >= 0.6 is 0 Å². The van der Waals surface area contributed by atoms with Crippen molar-refractivity contribution in [3.63, 3.8) is 0 Å². The van der Waals surface area contributed by atoms with E-state index >= 15 is 0 Å². The van der Waals surface area contributed by atoms with E-state index in [0.29, 0.717) is 23.5 Å². The van der Waals surface area contributed by atoms with Gasteiger partial charge in [-0.3, -0.25) is 4.90 Å². The lowest BCUT2D eigenvalue weighted by Crippen LogP contribution is -2.42. The number of benzene rings is 1. The number of hydrogen-bond donors (Lipinski definition) is 1. The fraction of sp³-hybridized carbons (Fsp3) is 0.476. The van der Waals surface area contributed by atoms with Gasteiger partial charge in [0.05, 0.1) is 13.2 Å². The maximum Gasteiger partial charge on any atom is 0.212 e. The largest absolute Gasteiger partial charge is 0.488 e. The molecule has 0 bridgehead atoms. The van der Waals surface area contributed by atoms with E-state index in [9.17, 15) is 9.50 Å². The van der Waals surface area contributed by atoms with Gasteiger partial charge in [-0.2, -0.15) is 0 Å². The lowest BCUT2D eigenvalue weighted by Gasteiger charge is -2.35. The fourth-order valence-electron chi connectivity index (χ4n) is 4.31. The number of halogens is 1. The molecule has 1 aromatic carbocycles. The Morgan fingerprint density at radius 2 is 1.85 bits per heavy atom. The van der Waals surface area contributed by atoms with Gasteiger partial charge in [-0.1, -0.05) is 6.07 Å². The molecule has 1 saturated heterocycles. The number of aliphatic hydroxyl groups excluding tert-OH is 1. The Morgan fingerprint density at radius 1 is 1.11 bits per heavy atom. The molecule has 5 nitrogen and oxygen atoms in total. The second kappa shape index (κ2) is 7.82. The van der Waals surface area contributed by atoms with Crippen molar-refractivity contribution in [1.82, 2.24) is 9.88 Å². The third-order valence-corrected chi connectivity index (χ3v) is 5.67. The van der Waals surface area contributed by atoms with Crippen molar-refractivity contribution in [2.45, 2.75) is 31.6 Å². The standard InChI is InChI=1S/C21H25FN2O3/c1-26-21-7-2-14(10-23-21)11-24-12-15-8-19(25)20(9-16(15)13-24)27-18-5-3-17(22)4-6-18/h2-7,10,15-16,19-20,25H,8-9,11-13H2,1H3/t15-,16+,19+,20+/m0/s1. The number of hydrogen-bond acceptors (Lipinski definition) is 5.